The Morgan fingerprint density at radius 2 is 1.46 bits per heavy atom. The second-order valence-corrected chi connectivity index (χ2v) is 7.24. The van der Waals surface area contributed by atoms with Gasteiger partial charge in [0.1, 0.15) is 5.82 Å². The smallest absolute Gasteiger partial charge is 0.155 e. The largest absolute Gasteiger partial charge is 0.399 e. The maximum Gasteiger partial charge on any atom is 0.155 e. The van der Waals surface area contributed by atoms with Crippen LogP contribution >= 0.6 is 0 Å². The van der Waals surface area contributed by atoms with Gasteiger partial charge in [-0.2, -0.15) is 5.10 Å². The van der Waals surface area contributed by atoms with Crippen LogP contribution in [0.25, 0.3) is 0 Å². The lowest BCUT2D eigenvalue weighted by Gasteiger charge is -2.18. The molecule has 1 aromatic heterocycles. The van der Waals surface area contributed by atoms with Crippen LogP contribution in [0.4, 0.5) is 5.69 Å². The number of nitrogen functional groups attached to an aromatic ring is 1. The van der Waals surface area contributed by atoms with E-state index in [2.05, 4.69) is 60.2 Å². The quantitative estimate of drug-likeness (QED) is 0.717. The van der Waals surface area contributed by atoms with E-state index in [1.54, 1.807) is 0 Å². The SMILES string of the molecule is CC(C)(C)c1ccc(Cc2n[nH]c(Cc3ccc(N)cc3)n2)cc1. The van der Waals surface area contributed by atoms with Crippen molar-refractivity contribution in [3.63, 3.8) is 0 Å². The number of anilines is 1. The fourth-order valence-corrected chi connectivity index (χ4v) is 2.63. The van der Waals surface area contributed by atoms with E-state index in [0.29, 0.717) is 0 Å². The van der Waals surface area contributed by atoms with Crippen molar-refractivity contribution in [3.8, 4) is 0 Å². The Hall–Kier alpha value is -2.62. The summed E-state index contributed by atoms with van der Waals surface area (Å²) < 4.78 is 0. The predicted octanol–water partition coefficient (Wildman–Crippen LogP) is 3.87. The highest BCUT2D eigenvalue weighted by Gasteiger charge is 2.13. The molecule has 0 fully saturated rings. The van der Waals surface area contributed by atoms with Crippen molar-refractivity contribution in [1.29, 1.82) is 0 Å². The summed E-state index contributed by atoms with van der Waals surface area (Å²) in [5.74, 6) is 1.70. The Balaban J connectivity index is 1.66. The minimum atomic E-state index is 0.176. The molecule has 0 amide bonds. The molecule has 0 aliphatic carbocycles. The zero-order valence-electron chi connectivity index (χ0n) is 14.5. The molecule has 0 bridgehead atoms. The van der Waals surface area contributed by atoms with Crippen molar-refractivity contribution < 1.29 is 0 Å². The third kappa shape index (κ3) is 4.02. The Labute approximate surface area is 143 Å². The molecule has 0 atom stereocenters. The minimum Gasteiger partial charge on any atom is -0.399 e. The van der Waals surface area contributed by atoms with E-state index in [4.69, 9.17) is 5.73 Å². The number of aromatic amines is 1. The van der Waals surface area contributed by atoms with E-state index in [-0.39, 0.29) is 5.41 Å². The van der Waals surface area contributed by atoms with Crippen LogP contribution in [0.5, 0.6) is 0 Å². The van der Waals surface area contributed by atoms with Crippen molar-refractivity contribution in [2.45, 2.75) is 39.0 Å². The molecule has 0 aliphatic rings. The first kappa shape index (κ1) is 16.2. The van der Waals surface area contributed by atoms with Crippen LogP contribution in [0.2, 0.25) is 0 Å². The van der Waals surface area contributed by atoms with Crippen molar-refractivity contribution in [2.24, 2.45) is 0 Å². The summed E-state index contributed by atoms with van der Waals surface area (Å²) in [6.07, 6.45) is 1.47. The van der Waals surface area contributed by atoms with Crippen molar-refractivity contribution in [3.05, 3.63) is 76.9 Å². The highest BCUT2D eigenvalue weighted by Crippen LogP contribution is 2.22. The average molecular weight is 320 g/mol. The summed E-state index contributed by atoms with van der Waals surface area (Å²) in [5.41, 5.74) is 10.4. The number of aromatic nitrogens is 3. The maximum atomic E-state index is 5.71. The summed E-state index contributed by atoms with van der Waals surface area (Å²) in [4.78, 5) is 4.60. The molecule has 4 nitrogen and oxygen atoms in total. The first-order chi connectivity index (χ1) is 11.4. The topological polar surface area (TPSA) is 67.6 Å². The monoisotopic (exact) mass is 320 g/mol. The standard InChI is InChI=1S/C20H24N4/c1-20(2,3)16-8-4-14(5-9-16)12-18-22-19(24-23-18)13-15-6-10-17(21)11-7-15/h4-11H,12-13,21H2,1-3H3,(H,22,23,24). The lowest BCUT2D eigenvalue weighted by molar-refractivity contribution is 0.590. The number of nitrogens with one attached hydrogen (secondary N) is 1. The third-order valence-electron chi connectivity index (χ3n) is 4.11. The number of benzene rings is 2. The van der Waals surface area contributed by atoms with Crippen molar-refractivity contribution in [2.75, 3.05) is 5.73 Å². The van der Waals surface area contributed by atoms with Crippen molar-refractivity contribution >= 4 is 5.69 Å². The molecule has 2 aromatic carbocycles. The van der Waals surface area contributed by atoms with Crippen LogP contribution in [0.1, 0.15) is 49.1 Å². The molecule has 3 N–H and O–H groups in total. The molecule has 0 radical (unpaired) electrons. The van der Waals surface area contributed by atoms with Gasteiger partial charge in [0, 0.05) is 18.5 Å². The van der Waals surface area contributed by atoms with Crippen LogP contribution in [0, 0.1) is 0 Å². The van der Waals surface area contributed by atoms with Gasteiger partial charge in [0.05, 0.1) is 0 Å². The van der Waals surface area contributed by atoms with Crippen LogP contribution in [-0.4, -0.2) is 15.2 Å². The molecule has 24 heavy (non-hydrogen) atoms. The van der Waals surface area contributed by atoms with E-state index in [1.807, 2.05) is 24.3 Å². The van der Waals surface area contributed by atoms with Gasteiger partial charge in [0.25, 0.3) is 0 Å². The Morgan fingerprint density at radius 1 is 0.875 bits per heavy atom. The fourth-order valence-electron chi connectivity index (χ4n) is 2.63. The number of rotatable bonds is 4. The summed E-state index contributed by atoms with van der Waals surface area (Å²) in [7, 11) is 0. The highest BCUT2D eigenvalue weighted by atomic mass is 15.2. The molecule has 0 saturated heterocycles. The number of nitrogens with two attached hydrogens (primary N) is 1. The van der Waals surface area contributed by atoms with Gasteiger partial charge in [-0.15, -0.1) is 0 Å². The molecule has 3 aromatic rings. The molecule has 4 heteroatoms. The zero-order valence-corrected chi connectivity index (χ0v) is 14.5. The van der Waals surface area contributed by atoms with Gasteiger partial charge in [-0.05, 0) is 34.2 Å². The van der Waals surface area contributed by atoms with Gasteiger partial charge in [-0.1, -0.05) is 57.2 Å². The fraction of sp³-hybridized carbons (Fsp3) is 0.300. The number of hydrogen-bond donors (Lipinski definition) is 2. The lowest BCUT2D eigenvalue weighted by atomic mass is 9.86. The summed E-state index contributed by atoms with van der Waals surface area (Å²) in [5, 5.41) is 7.37. The Morgan fingerprint density at radius 3 is 2.08 bits per heavy atom. The van der Waals surface area contributed by atoms with E-state index in [0.717, 1.165) is 30.2 Å². The van der Waals surface area contributed by atoms with E-state index >= 15 is 0 Å². The van der Waals surface area contributed by atoms with E-state index in [1.165, 1.54) is 16.7 Å². The van der Waals surface area contributed by atoms with Gasteiger partial charge in [-0.3, -0.25) is 5.10 Å². The highest BCUT2D eigenvalue weighted by molar-refractivity contribution is 5.39. The molecule has 0 unspecified atom stereocenters. The van der Waals surface area contributed by atoms with Gasteiger partial charge >= 0.3 is 0 Å². The van der Waals surface area contributed by atoms with E-state index < -0.39 is 0 Å². The second-order valence-electron chi connectivity index (χ2n) is 7.24. The maximum absolute atomic E-state index is 5.71. The average Bonchev–Trinajstić information content (AvgIpc) is 2.96. The molecule has 1 heterocycles. The molecule has 0 spiro atoms. The Bertz CT molecular complexity index is 793. The van der Waals surface area contributed by atoms with Gasteiger partial charge < -0.3 is 5.73 Å². The summed E-state index contributed by atoms with van der Waals surface area (Å²) in [6.45, 7) is 6.67. The molecular weight excluding hydrogens is 296 g/mol. The number of H-pyrrole nitrogens is 1. The molecule has 0 saturated carbocycles. The van der Waals surface area contributed by atoms with Gasteiger partial charge in [-0.25, -0.2) is 4.98 Å². The summed E-state index contributed by atoms with van der Waals surface area (Å²) in [6, 6.07) is 16.6. The first-order valence-corrected chi connectivity index (χ1v) is 8.24. The molecule has 0 aliphatic heterocycles. The minimum absolute atomic E-state index is 0.176. The number of hydrogen-bond acceptors (Lipinski definition) is 3. The zero-order chi connectivity index (χ0) is 17.2. The lowest BCUT2D eigenvalue weighted by Crippen LogP contribution is -2.10. The van der Waals surface area contributed by atoms with Crippen LogP contribution in [-0.2, 0) is 18.3 Å². The molecule has 3 rings (SSSR count). The molecule has 124 valence electrons. The number of nitrogens with zero attached hydrogens (tertiary/aromatic N) is 2. The van der Waals surface area contributed by atoms with Crippen LogP contribution in [0.3, 0.4) is 0 Å². The molecular formula is C20H24N4. The van der Waals surface area contributed by atoms with E-state index in [9.17, 15) is 0 Å². The van der Waals surface area contributed by atoms with Crippen LogP contribution in [0.15, 0.2) is 48.5 Å². The van der Waals surface area contributed by atoms with Gasteiger partial charge in [0.15, 0.2) is 5.82 Å². The first-order valence-electron chi connectivity index (χ1n) is 8.24. The predicted molar refractivity (Wildman–Crippen MR) is 98.0 cm³/mol. The van der Waals surface area contributed by atoms with Crippen molar-refractivity contribution in [1.82, 2.24) is 15.2 Å². The normalized spacial score (nSPS) is 11.6. The second kappa shape index (κ2) is 6.48. The van der Waals surface area contributed by atoms with Crippen LogP contribution < -0.4 is 5.73 Å². The summed E-state index contributed by atoms with van der Waals surface area (Å²) >= 11 is 0. The third-order valence-corrected chi connectivity index (χ3v) is 4.11. The Kier molecular flexibility index (Phi) is 4.38. The van der Waals surface area contributed by atoms with Gasteiger partial charge in [0.2, 0.25) is 0 Å².